The third kappa shape index (κ3) is 6.83. The van der Waals surface area contributed by atoms with Gasteiger partial charge in [0.1, 0.15) is 5.75 Å². The molecule has 0 spiro atoms. The molecule has 0 N–H and O–H groups in total. The van der Waals surface area contributed by atoms with Crippen molar-refractivity contribution < 1.29 is 4.74 Å². The fraction of sp³-hybridized carbons (Fsp3) is 0.615. The van der Waals surface area contributed by atoms with Crippen LogP contribution in [0.5, 0.6) is 5.75 Å². The third-order valence-corrected chi connectivity index (χ3v) is 6.14. The number of fused-ring (bicyclic) bond motifs is 1. The fourth-order valence-electron chi connectivity index (χ4n) is 4.40. The Hall–Kier alpha value is -1.90. The van der Waals surface area contributed by atoms with E-state index in [-0.39, 0.29) is 0 Å². The van der Waals surface area contributed by atoms with Crippen LogP contribution in [0.25, 0.3) is 11.4 Å². The van der Waals surface area contributed by atoms with Crippen molar-refractivity contribution in [2.24, 2.45) is 5.92 Å². The molecule has 1 heterocycles. The Kier molecular flexibility index (Phi) is 8.98. The maximum absolute atomic E-state index is 5.53. The first-order valence-corrected chi connectivity index (χ1v) is 11.9. The van der Waals surface area contributed by atoms with Gasteiger partial charge in [0.25, 0.3) is 0 Å². The molecular formula is C26H38N2O. The lowest BCUT2D eigenvalue weighted by Gasteiger charge is -2.24. The standard InChI is InChI=1S/C26H38N2O/c1-3-5-6-7-8-9-10-11-12-21-13-18-25-23(19-21)20-27-26(28-25)22-14-16-24(17-15-22)29-4-2/h14-17,20-21H,3-13,18-19H2,1-2H3. The molecule has 1 aliphatic rings. The molecule has 0 saturated carbocycles. The minimum Gasteiger partial charge on any atom is -0.494 e. The first-order chi connectivity index (χ1) is 14.3. The number of aromatic nitrogens is 2. The molecular weight excluding hydrogens is 356 g/mol. The minimum atomic E-state index is 0.689. The van der Waals surface area contributed by atoms with Crippen molar-refractivity contribution in [1.29, 1.82) is 0 Å². The number of nitrogens with zero attached hydrogens (tertiary/aromatic N) is 2. The number of hydrogen-bond donors (Lipinski definition) is 0. The Morgan fingerprint density at radius 1 is 0.931 bits per heavy atom. The quantitative estimate of drug-likeness (QED) is 0.358. The van der Waals surface area contributed by atoms with E-state index in [0.717, 1.165) is 35.9 Å². The maximum atomic E-state index is 5.53. The summed E-state index contributed by atoms with van der Waals surface area (Å²) < 4.78 is 5.53. The van der Waals surface area contributed by atoms with Gasteiger partial charge in [0.2, 0.25) is 0 Å². The van der Waals surface area contributed by atoms with Gasteiger partial charge in [-0.05, 0) is 61.9 Å². The predicted molar refractivity (Wildman–Crippen MR) is 121 cm³/mol. The monoisotopic (exact) mass is 394 g/mol. The smallest absolute Gasteiger partial charge is 0.159 e. The van der Waals surface area contributed by atoms with Crippen LogP contribution in [0.3, 0.4) is 0 Å². The molecule has 0 fully saturated rings. The van der Waals surface area contributed by atoms with Gasteiger partial charge in [-0.25, -0.2) is 9.97 Å². The lowest BCUT2D eigenvalue weighted by Crippen LogP contribution is -2.16. The van der Waals surface area contributed by atoms with Gasteiger partial charge in [0.05, 0.1) is 6.61 Å². The second-order valence-electron chi connectivity index (χ2n) is 8.50. The van der Waals surface area contributed by atoms with Crippen molar-refractivity contribution in [3.8, 4) is 17.1 Å². The lowest BCUT2D eigenvalue weighted by molar-refractivity contribution is 0.340. The van der Waals surface area contributed by atoms with Crippen LogP contribution in [0.1, 0.15) is 89.3 Å². The van der Waals surface area contributed by atoms with Gasteiger partial charge in [-0.2, -0.15) is 0 Å². The molecule has 3 rings (SSSR count). The molecule has 0 saturated heterocycles. The summed E-state index contributed by atoms with van der Waals surface area (Å²) in [6.07, 6.45) is 18.2. The van der Waals surface area contributed by atoms with E-state index in [9.17, 15) is 0 Å². The first-order valence-electron chi connectivity index (χ1n) is 11.9. The van der Waals surface area contributed by atoms with Crippen LogP contribution in [0, 0.1) is 5.92 Å². The summed E-state index contributed by atoms with van der Waals surface area (Å²) in [6, 6.07) is 8.12. The molecule has 2 aromatic rings. The highest BCUT2D eigenvalue weighted by Gasteiger charge is 2.20. The van der Waals surface area contributed by atoms with Gasteiger partial charge in [-0.15, -0.1) is 0 Å². The highest BCUT2D eigenvalue weighted by Crippen LogP contribution is 2.29. The van der Waals surface area contributed by atoms with Gasteiger partial charge in [-0.3, -0.25) is 0 Å². The first kappa shape index (κ1) is 21.8. The molecule has 158 valence electrons. The fourth-order valence-corrected chi connectivity index (χ4v) is 4.40. The Balaban J connectivity index is 1.44. The molecule has 3 heteroatoms. The second-order valence-corrected chi connectivity index (χ2v) is 8.50. The molecule has 29 heavy (non-hydrogen) atoms. The third-order valence-electron chi connectivity index (χ3n) is 6.14. The Morgan fingerprint density at radius 3 is 2.38 bits per heavy atom. The van der Waals surface area contributed by atoms with E-state index in [1.807, 2.05) is 19.1 Å². The van der Waals surface area contributed by atoms with Gasteiger partial charge in [-0.1, -0.05) is 64.7 Å². The van der Waals surface area contributed by atoms with Crippen molar-refractivity contribution in [2.45, 2.75) is 90.9 Å². The summed E-state index contributed by atoms with van der Waals surface area (Å²) in [5.74, 6) is 2.56. The average Bonchev–Trinajstić information content (AvgIpc) is 2.76. The minimum absolute atomic E-state index is 0.689. The molecule has 1 unspecified atom stereocenters. The van der Waals surface area contributed by atoms with Gasteiger partial charge >= 0.3 is 0 Å². The van der Waals surface area contributed by atoms with Crippen LogP contribution in [0.2, 0.25) is 0 Å². The Bertz CT molecular complexity index is 726. The van der Waals surface area contributed by atoms with Crippen LogP contribution in [-0.4, -0.2) is 16.6 Å². The highest BCUT2D eigenvalue weighted by atomic mass is 16.5. The predicted octanol–water partition coefficient (Wildman–Crippen LogP) is 7.18. The molecule has 0 radical (unpaired) electrons. The normalized spacial score (nSPS) is 15.9. The molecule has 3 nitrogen and oxygen atoms in total. The van der Waals surface area contributed by atoms with E-state index in [1.54, 1.807) is 0 Å². The van der Waals surface area contributed by atoms with Crippen molar-refractivity contribution in [3.63, 3.8) is 0 Å². The van der Waals surface area contributed by atoms with E-state index in [1.165, 1.54) is 75.5 Å². The molecule has 1 aromatic heterocycles. The largest absolute Gasteiger partial charge is 0.494 e. The average molecular weight is 395 g/mol. The van der Waals surface area contributed by atoms with Gasteiger partial charge in [0.15, 0.2) is 5.82 Å². The highest BCUT2D eigenvalue weighted by molar-refractivity contribution is 5.56. The van der Waals surface area contributed by atoms with Crippen molar-refractivity contribution in [1.82, 2.24) is 9.97 Å². The Labute approximate surface area is 177 Å². The number of aryl methyl sites for hydroxylation is 1. The number of hydrogen-bond acceptors (Lipinski definition) is 3. The van der Waals surface area contributed by atoms with Crippen molar-refractivity contribution in [3.05, 3.63) is 41.7 Å². The summed E-state index contributed by atoms with van der Waals surface area (Å²) in [4.78, 5) is 9.55. The number of benzene rings is 1. The van der Waals surface area contributed by atoms with Crippen LogP contribution in [-0.2, 0) is 12.8 Å². The SMILES string of the molecule is CCCCCCCCCCC1CCc2nc(-c3ccc(OCC)cc3)ncc2C1. The molecule has 0 bridgehead atoms. The number of rotatable bonds is 12. The van der Waals surface area contributed by atoms with Crippen LogP contribution in [0.15, 0.2) is 30.5 Å². The zero-order chi connectivity index (χ0) is 20.3. The summed E-state index contributed by atoms with van der Waals surface area (Å²) in [7, 11) is 0. The number of unbranched alkanes of at least 4 members (excludes halogenated alkanes) is 7. The Morgan fingerprint density at radius 2 is 1.66 bits per heavy atom. The van der Waals surface area contributed by atoms with E-state index < -0.39 is 0 Å². The number of ether oxygens (including phenoxy) is 1. The summed E-state index contributed by atoms with van der Waals surface area (Å²) in [5.41, 5.74) is 3.70. The molecule has 0 amide bonds. The van der Waals surface area contributed by atoms with Crippen molar-refractivity contribution >= 4 is 0 Å². The lowest BCUT2D eigenvalue weighted by atomic mass is 9.84. The van der Waals surface area contributed by atoms with Crippen molar-refractivity contribution in [2.75, 3.05) is 6.61 Å². The summed E-state index contributed by atoms with van der Waals surface area (Å²) in [5, 5.41) is 0. The molecule has 0 aliphatic heterocycles. The zero-order valence-corrected chi connectivity index (χ0v) is 18.5. The second kappa shape index (κ2) is 11.9. The van der Waals surface area contributed by atoms with E-state index in [2.05, 4.69) is 30.2 Å². The molecule has 1 aromatic carbocycles. The summed E-state index contributed by atoms with van der Waals surface area (Å²) in [6.45, 7) is 4.98. The molecule has 1 atom stereocenters. The molecule has 1 aliphatic carbocycles. The summed E-state index contributed by atoms with van der Waals surface area (Å²) >= 11 is 0. The van der Waals surface area contributed by atoms with E-state index in [0.29, 0.717) is 6.61 Å². The van der Waals surface area contributed by atoms with Crippen LogP contribution < -0.4 is 4.74 Å². The maximum Gasteiger partial charge on any atom is 0.159 e. The van der Waals surface area contributed by atoms with E-state index >= 15 is 0 Å². The van der Waals surface area contributed by atoms with Crippen LogP contribution in [0.4, 0.5) is 0 Å². The van der Waals surface area contributed by atoms with E-state index in [4.69, 9.17) is 9.72 Å². The zero-order valence-electron chi connectivity index (χ0n) is 18.5. The van der Waals surface area contributed by atoms with Gasteiger partial charge < -0.3 is 4.74 Å². The topological polar surface area (TPSA) is 35.0 Å². The van der Waals surface area contributed by atoms with Crippen LogP contribution >= 0.6 is 0 Å². The van der Waals surface area contributed by atoms with Gasteiger partial charge in [0, 0.05) is 17.5 Å².